The van der Waals surface area contributed by atoms with Crippen molar-refractivity contribution in [3.8, 4) is 67.5 Å². The molecule has 4 nitrogen and oxygen atoms in total. The SMILES string of the molecule is COc1ccc(OC)c2c(-c3ccccc3)c3c4ccc(c3c(-c3ccccc3)c12)CCc1ccc(c2c(-c3ccccc3)c3c(OC)ccc(OC)c3c(-c3ccccc3)c12)CC4. The molecule has 0 aromatic heterocycles. The summed E-state index contributed by atoms with van der Waals surface area (Å²) in [7, 11) is 7.12. The summed E-state index contributed by atoms with van der Waals surface area (Å²) in [5.41, 5.74) is 14.5. The van der Waals surface area contributed by atoms with Crippen LogP contribution in [0, 0.1) is 0 Å². The van der Waals surface area contributed by atoms with Gasteiger partial charge in [0.15, 0.2) is 0 Å². The van der Waals surface area contributed by atoms with Crippen LogP contribution in [0.1, 0.15) is 22.3 Å². The summed E-state index contributed by atoms with van der Waals surface area (Å²) < 4.78 is 25.3. The molecule has 12 rings (SSSR count). The minimum absolute atomic E-state index is 0.805. The molecular formula is C60H48O4. The lowest BCUT2D eigenvalue weighted by Gasteiger charge is -2.27. The maximum absolute atomic E-state index is 6.32. The van der Waals surface area contributed by atoms with E-state index in [9.17, 15) is 0 Å². The normalized spacial score (nSPS) is 12.4. The summed E-state index contributed by atoms with van der Waals surface area (Å²) in [4.78, 5) is 0. The van der Waals surface area contributed by atoms with Crippen LogP contribution in [0.3, 0.4) is 0 Å². The first-order valence-corrected chi connectivity index (χ1v) is 22.1. The maximum atomic E-state index is 6.32. The molecule has 0 radical (unpaired) electrons. The number of hydrogen-bond acceptors (Lipinski definition) is 4. The van der Waals surface area contributed by atoms with Crippen molar-refractivity contribution in [1.82, 2.24) is 0 Å². The molecule has 0 saturated heterocycles. The lowest BCUT2D eigenvalue weighted by atomic mass is 9.77. The summed E-state index contributed by atoms with van der Waals surface area (Å²) in [5.74, 6) is 3.29. The second-order valence-corrected chi connectivity index (χ2v) is 16.7. The Labute approximate surface area is 374 Å². The zero-order chi connectivity index (χ0) is 43.3. The van der Waals surface area contributed by atoms with Gasteiger partial charge >= 0.3 is 0 Å². The number of ether oxygens (including phenoxy) is 4. The van der Waals surface area contributed by atoms with Crippen LogP contribution in [0.5, 0.6) is 23.0 Å². The summed E-state index contributed by atoms with van der Waals surface area (Å²) in [6.45, 7) is 0. The molecule has 10 aromatic carbocycles. The van der Waals surface area contributed by atoms with Gasteiger partial charge in [-0.2, -0.15) is 0 Å². The zero-order valence-corrected chi connectivity index (χ0v) is 36.6. The van der Waals surface area contributed by atoms with Crippen molar-refractivity contribution in [2.75, 3.05) is 28.4 Å². The first-order valence-electron chi connectivity index (χ1n) is 22.1. The molecule has 0 unspecified atom stereocenters. The fourth-order valence-electron chi connectivity index (χ4n) is 10.8. The van der Waals surface area contributed by atoms with E-state index in [1.807, 2.05) is 0 Å². The van der Waals surface area contributed by atoms with Gasteiger partial charge in [0.25, 0.3) is 0 Å². The van der Waals surface area contributed by atoms with Gasteiger partial charge in [-0.3, -0.25) is 0 Å². The van der Waals surface area contributed by atoms with Crippen molar-refractivity contribution in [3.05, 3.63) is 192 Å². The molecule has 0 fully saturated rings. The Hall–Kier alpha value is -7.56. The van der Waals surface area contributed by atoms with Crippen LogP contribution in [0.4, 0.5) is 0 Å². The largest absolute Gasteiger partial charge is 0.496 e. The quantitative estimate of drug-likeness (QED) is 0.143. The van der Waals surface area contributed by atoms with Crippen molar-refractivity contribution in [3.63, 3.8) is 0 Å². The Morgan fingerprint density at radius 3 is 0.625 bits per heavy atom. The van der Waals surface area contributed by atoms with Gasteiger partial charge in [0.2, 0.25) is 0 Å². The van der Waals surface area contributed by atoms with E-state index < -0.39 is 0 Å². The lowest BCUT2D eigenvalue weighted by Crippen LogP contribution is -2.06. The molecule has 4 heteroatoms. The molecule has 0 aliphatic heterocycles. The molecule has 2 aliphatic rings. The highest BCUT2D eigenvalue weighted by molar-refractivity contribution is 6.27. The summed E-state index contributed by atoms with van der Waals surface area (Å²) in [6.07, 6.45) is 3.22. The van der Waals surface area contributed by atoms with Gasteiger partial charge in [-0.05, 0) is 116 Å². The molecule has 0 amide bonds. The third-order valence-corrected chi connectivity index (χ3v) is 13.5. The van der Waals surface area contributed by atoms with Gasteiger partial charge in [-0.15, -0.1) is 0 Å². The van der Waals surface area contributed by atoms with E-state index in [4.69, 9.17) is 18.9 Å². The van der Waals surface area contributed by atoms with Crippen LogP contribution >= 0.6 is 0 Å². The minimum atomic E-state index is 0.805. The second kappa shape index (κ2) is 16.3. The average molecular weight is 833 g/mol. The number of fused-ring (bicyclic) bond motifs is 6. The van der Waals surface area contributed by atoms with Gasteiger partial charge in [0.05, 0.1) is 28.4 Å². The molecule has 0 N–H and O–H groups in total. The number of hydrogen-bond donors (Lipinski definition) is 0. The van der Waals surface area contributed by atoms with Crippen molar-refractivity contribution in [2.24, 2.45) is 0 Å². The molecule has 4 bridgehead atoms. The van der Waals surface area contributed by atoms with Gasteiger partial charge in [-0.25, -0.2) is 0 Å². The molecular weight excluding hydrogens is 785 g/mol. The molecule has 0 heterocycles. The van der Waals surface area contributed by atoms with Crippen LogP contribution < -0.4 is 18.9 Å². The van der Waals surface area contributed by atoms with E-state index in [0.29, 0.717) is 0 Å². The number of aryl methyl sites for hydroxylation is 4. The molecule has 0 saturated carbocycles. The Morgan fingerprint density at radius 2 is 0.438 bits per heavy atom. The minimum Gasteiger partial charge on any atom is -0.496 e. The van der Waals surface area contributed by atoms with E-state index >= 15 is 0 Å². The van der Waals surface area contributed by atoms with E-state index in [1.165, 1.54) is 66.1 Å². The smallest absolute Gasteiger partial charge is 0.127 e. The van der Waals surface area contributed by atoms with Gasteiger partial charge in [0.1, 0.15) is 23.0 Å². The standard InChI is InChI=1S/C60H48O4/c1-61-45-33-34-46(62-2)58-54(38-19-11-6-12-20-38)50-42-26-25-41(49(50)53(57(45)58)37-17-9-5-10-18-37)29-30-43-27-28-44(32-31-42)52-51(43)55(39-21-13-7-14-22-39)59-47(63-3)35-36-48(64-4)60(59)56(52)40-23-15-8-16-24-40/h5-28,33-36H,29-32H2,1-4H3. The van der Waals surface area contributed by atoms with Gasteiger partial charge in [-0.1, -0.05) is 146 Å². The van der Waals surface area contributed by atoms with E-state index in [0.717, 1.165) is 92.5 Å². The van der Waals surface area contributed by atoms with Crippen LogP contribution in [-0.2, 0) is 25.7 Å². The van der Waals surface area contributed by atoms with Crippen molar-refractivity contribution in [1.29, 1.82) is 0 Å². The fourth-order valence-corrected chi connectivity index (χ4v) is 10.8. The third-order valence-electron chi connectivity index (χ3n) is 13.5. The van der Waals surface area contributed by atoms with Crippen LogP contribution in [0.2, 0.25) is 0 Å². The summed E-state index contributed by atoms with van der Waals surface area (Å²) in [6, 6.07) is 61.3. The highest BCUT2D eigenvalue weighted by atomic mass is 16.5. The fraction of sp³-hybridized carbons (Fsp3) is 0.133. The average Bonchev–Trinajstić information content (AvgIpc) is 3.35. The summed E-state index contributed by atoms with van der Waals surface area (Å²) >= 11 is 0. The Balaban J connectivity index is 1.32. The zero-order valence-electron chi connectivity index (χ0n) is 36.6. The van der Waals surface area contributed by atoms with Crippen molar-refractivity contribution < 1.29 is 18.9 Å². The maximum Gasteiger partial charge on any atom is 0.127 e. The van der Waals surface area contributed by atoms with Gasteiger partial charge < -0.3 is 18.9 Å². The molecule has 2 aliphatic carbocycles. The molecule has 312 valence electrons. The molecule has 0 atom stereocenters. The van der Waals surface area contributed by atoms with Crippen molar-refractivity contribution in [2.45, 2.75) is 25.7 Å². The molecule has 10 aromatic rings. The monoisotopic (exact) mass is 832 g/mol. The number of methoxy groups -OCH3 is 4. The molecule has 0 spiro atoms. The first-order chi connectivity index (χ1) is 31.6. The Bertz CT molecular complexity index is 2940. The predicted octanol–water partition coefficient (Wildman–Crippen LogP) is 14.9. The number of rotatable bonds is 8. The van der Waals surface area contributed by atoms with Gasteiger partial charge in [0, 0.05) is 43.8 Å². The highest BCUT2D eigenvalue weighted by Gasteiger charge is 2.29. The molecule has 64 heavy (non-hydrogen) atoms. The highest BCUT2D eigenvalue weighted by Crippen LogP contribution is 2.54. The first kappa shape index (κ1) is 39.3. The Kier molecular flexibility index (Phi) is 10.0. The van der Waals surface area contributed by atoms with E-state index in [1.54, 1.807) is 28.4 Å². The Morgan fingerprint density at radius 1 is 0.234 bits per heavy atom. The van der Waals surface area contributed by atoms with E-state index in [2.05, 4.69) is 170 Å². The predicted molar refractivity (Wildman–Crippen MR) is 266 cm³/mol. The lowest BCUT2D eigenvalue weighted by molar-refractivity contribution is 0.410. The summed E-state index contributed by atoms with van der Waals surface area (Å²) in [5, 5.41) is 9.32. The van der Waals surface area contributed by atoms with Crippen LogP contribution in [0.25, 0.3) is 87.6 Å². The topological polar surface area (TPSA) is 36.9 Å². The van der Waals surface area contributed by atoms with E-state index in [-0.39, 0.29) is 0 Å². The van der Waals surface area contributed by atoms with Crippen LogP contribution in [-0.4, -0.2) is 28.4 Å². The van der Waals surface area contributed by atoms with Crippen LogP contribution in [0.15, 0.2) is 170 Å². The van der Waals surface area contributed by atoms with Crippen molar-refractivity contribution >= 4 is 43.1 Å². The number of benzene rings is 10. The third kappa shape index (κ3) is 6.19. The second-order valence-electron chi connectivity index (χ2n) is 16.7.